The maximum absolute atomic E-state index is 12.4. The molecule has 1 fully saturated rings. The van der Waals surface area contributed by atoms with Gasteiger partial charge in [0, 0.05) is 9.50 Å². The Kier molecular flexibility index (Phi) is 4.38. The van der Waals surface area contributed by atoms with Crippen LogP contribution in [0.15, 0.2) is 57.9 Å². The molecule has 1 aliphatic heterocycles. The maximum Gasteiger partial charge on any atom is 0.298 e. The molecule has 1 aliphatic rings. The molecule has 0 atom stereocenters. The molecule has 0 aromatic heterocycles. The van der Waals surface area contributed by atoms with Crippen molar-refractivity contribution in [3.63, 3.8) is 0 Å². The summed E-state index contributed by atoms with van der Waals surface area (Å²) in [6.07, 6.45) is 1.72. The summed E-state index contributed by atoms with van der Waals surface area (Å²) in [5.41, 5.74) is 1.39. The lowest BCUT2D eigenvalue weighted by Crippen LogP contribution is -2.27. The topological polar surface area (TPSA) is 37.4 Å². The highest BCUT2D eigenvalue weighted by atomic mass is 79.9. The number of benzene rings is 2. The first-order valence-corrected chi connectivity index (χ1v) is 8.32. The number of carbonyl (C=O) groups excluding carboxylic acids is 2. The van der Waals surface area contributed by atoms with E-state index in [9.17, 15) is 9.59 Å². The Hall–Kier alpha value is -1.56. The number of anilines is 1. The minimum Gasteiger partial charge on any atom is -0.268 e. The molecule has 3 rings (SSSR count). The van der Waals surface area contributed by atoms with Crippen LogP contribution in [-0.2, 0) is 4.79 Å². The molecule has 2 amide bonds. The van der Waals surface area contributed by atoms with E-state index in [1.54, 1.807) is 30.3 Å². The van der Waals surface area contributed by atoms with Gasteiger partial charge in [0.2, 0.25) is 0 Å². The lowest BCUT2D eigenvalue weighted by atomic mass is 10.2. The highest BCUT2D eigenvalue weighted by Gasteiger charge is 2.36. The zero-order chi connectivity index (χ0) is 15.7. The molecule has 1 saturated heterocycles. The Balaban J connectivity index is 1.91. The van der Waals surface area contributed by atoms with Crippen LogP contribution in [0.25, 0.3) is 6.08 Å². The van der Waals surface area contributed by atoms with Crippen LogP contribution in [0.3, 0.4) is 0 Å². The average Bonchev–Trinajstić information content (AvgIpc) is 2.77. The fourth-order valence-electron chi connectivity index (χ4n) is 1.99. The Morgan fingerprint density at radius 3 is 2.27 bits per heavy atom. The van der Waals surface area contributed by atoms with Gasteiger partial charge in [0.1, 0.15) is 0 Å². The lowest BCUT2D eigenvalue weighted by molar-refractivity contribution is -0.113. The number of hydrogen-bond donors (Lipinski definition) is 0. The van der Waals surface area contributed by atoms with Gasteiger partial charge in [0.05, 0.1) is 10.6 Å². The van der Waals surface area contributed by atoms with Crippen LogP contribution in [-0.4, -0.2) is 11.1 Å². The van der Waals surface area contributed by atoms with Crippen molar-refractivity contribution in [3.05, 3.63) is 68.5 Å². The molecule has 0 spiro atoms. The van der Waals surface area contributed by atoms with Crippen molar-refractivity contribution in [3.8, 4) is 0 Å². The van der Waals surface area contributed by atoms with Crippen molar-refractivity contribution in [1.29, 1.82) is 0 Å². The summed E-state index contributed by atoms with van der Waals surface area (Å²) in [6, 6.07) is 14.1. The van der Waals surface area contributed by atoms with E-state index in [1.165, 1.54) is 0 Å². The number of halogens is 2. The molecule has 110 valence electrons. The first kappa shape index (κ1) is 15.3. The van der Waals surface area contributed by atoms with Gasteiger partial charge < -0.3 is 0 Å². The summed E-state index contributed by atoms with van der Waals surface area (Å²) >= 11 is 10.1. The molecule has 6 heteroatoms. The van der Waals surface area contributed by atoms with Gasteiger partial charge in [-0.05, 0) is 59.8 Å². The number of hydrogen-bond acceptors (Lipinski definition) is 3. The standard InChI is InChI=1S/C16H9BrClNO2S/c17-11-3-1-10(2-4-11)9-14-15(20)19(16(21)22-14)13-7-5-12(18)6-8-13/h1-9H/b14-9+. The highest BCUT2D eigenvalue weighted by molar-refractivity contribution is 9.10. The smallest absolute Gasteiger partial charge is 0.268 e. The number of nitrogens with zero attached hydrogens (tertiary/aromatic N) is 1. The second kappa shape index (κ2) is 6.28. The minimum absolute atomic E-state index is 0.310. The Labute approximate surface area is 145 Å². The summed E-state index contributed by atoms with van der Waals surface area (Å²) in [4.78, 5) is 26.1. The van der Waals surface area contributed by atoms with Crippen LogP contribution in [0, 0.1) is 0 Å². The molecule has 0 bridgehead atoms. The van der Waals surface area contributed by atoms with E-state index in [4.69, 9.17) is 11.6 Å². The van der Waals surface area contributed by atoms with Crippen molar-refractivity contribution in [1.82, 2.24) is 0 Å². The zero-order valence-corrected chi connectivity index (χ0v) is 14.3. The quantitative estimate of drug-likeness (QED) is 0.645. The predicted octanol–water partition coefficient (Wildman–Crippen LogP) is 5.34. The number of thioether (sulfide) groups is 1. The van der Waals surface area contributed by atoms with Gasteiger partial charge in [-0.1, -0.05) is 39.7 Å². The van der Waals surface area contributed by atoms with E-state index in [2.05, 4.69) is 15.9 Å². The monoisotopic (exact) mass is 393 g/mol. The van der Waals surface area contributed by atoms with Gasteiger partial charge in [-0.25, -0.2) is 4.90 Å². The van der Waals surface area contributed by atoms with E-state index in [-0.39, 0.29) is 11.1 Å². The van der Waals surface area contributed by atoms with Gasteiger partial charge in [-0.3, -0.25) is 9.59 Å². The van der Waals surface area contributed by atoms with Gasteiger partial charge in [0.15, 0.2) is 0 Å². The molecule has 2 aromatic rings. The van der Waals surface area contributed by atoms with Gasteiger partial charge in [-0.2, -0.15) is 0 Å². The molecule has 0 N–H and O–H groups in total. The molecule has 3 nitrogen and oxygen atoms in total. The highest BCUT2D eigenvalue weighted by Crippen LogP contribution is 2.36. The van der Waals surface area contributed by atoms with E-state index < -0.39 is 0 Å². The third-order valence-corrected chi connectivity index (χ3v) is 4.70. The normalized spacial score (nSPS) is 16.6. The van der Waals surface area contributed by atoms with Crippen LogP contribution in [0.1, 0.15) is 5.56 Å². The largest absolute Gasteiger partial charge is 0.298 e. The zero-order valence-electron chi connectivity index (χ0n) is 11.1. The second-order valence-corrected chi connectivity index (χ2v) is 6.89. The van der Waals surface area contributed by atoms with E-state index in [0.29, 0.717) is 15.6 Å². The fraction of sp³-hybridized carbons (Fsp3) is 0. The predicted molar refractivity (Wildman–Crippen MR) is 94.0 cm³/mol. The Bertz CT molecular complexity index is 772. The van der Waals surface area contributed by atoms with Gasteiger partial charge in [-0.15, -0.1) is 0 Å². The molecule has 0 unspecified atom stereocenters. The molecule has 0 saturated carbocycles. The first-order chi connectivity index (χ1) is 10.5. The lowest BCUT2D eigenvalue weighted by Gasteiger charge is -2.12. The number of carbonyl (C=O) groups is 2. The van der Waals surface area contributed by atoms with E-state index in [0.717, 1.165) is 26.7 Å². The molecular formula is C16H9BrClNO2S. The Morgan fingerprint density at radius 1 is 1.00 bits per heavy atom. The molecule has 1 heterocycles. The van der Waals surface area contributed by atoms with Crippen molar-refractivity contribution >= 4 is 62.2 Å². The van der Waals surface area contributed by atoms with Crippen molar-refractivity contribution in [2.45, 2.75) is 0 Å². The van der Waals surface area contributed by atoms with E-state index in [1.807, 2.05) is 24.3 Å². The third-order valence-electron chi connectivity index (χ3n) is 3.05. The number of imide groups is 1. The van der Waals surface area contributed by atoms with Crippen molar-refractivity contribution < 1.29 is 9.59 Å². The summed E-state index contributed by atoms with van der Waals surface area (Å²) in [5, 5.41) is 0.247. The van der Waals surface area contributed by atoms with Gasteiger partial charge in [0.25, 0.3) is 11.1 Å². The van der Waals surface area contributed by atoms with Crippen LogP contribution >= 0.6 is 39.3 Å². The Morgan fingerprint density at radius 2 is 1.64 bits per heavy atom. The molecule has 0 radical (unpaired) electrons. The van der Waals surface area contributed by atoms with Gasteiger partial charge >= 0.3 is 0 Å². The summed E-state index contributed by atoms with van der Waals surface area (Å²) in [6.45, 7) is 0. The third kappa shape index (κ3) is 3.11. The molecule has 22 heavy (non-hydrogen) atoms. The summed E-state index contributed by atoms with van der Waals surface area (Å²) in [7, 11) is 0. The average molecular weight is 395 g/mol. The van der Waals surface area contributed by atoms with Crippen LogP contribution in [0.4, 0.5) is 10.5 Å². The first-order valence-electron chi connectivity index (χ1n) is 6.34. The summed E-state index contributed by atoms with van der Waals surface area (Å²) < 4.78 is 0.957. The molecule has 2 aromatic carbocycles. The second-order valence-electron chi connectivity index (χ2n) is 4.55. The number of rotatable bonds is 2. The SMILES string of the molecule is O=C1S/C(=C/c2ccc(Br)cc2)C(=O)N1c1ccc(Cl)cc1. The summed E-state index contributed by atoms with van der Waals surface area (Å²) in [5.74, 6) is -0.319. The fourth-order valence-corrected chi connectivity index (χ4v) is 3.22. The van der Waals surface area contributed by atoms with Crippen LogP contribution < -0.4 is 4.90 Å². The minimum atomic E-state index is -0.319. The van der Waals surface area contributed by atoms with Crippen LogP contribution in [0.2, 0.25) is 5.02 Å². The molecule has 0 aliphatic carbocycles. The van der Waals surface area contributed by atoms with Crippen molar-refractivity contribution in [2.24, 2.45) is 0 Å². The maximum atomic E-state index is 12.4. The number of amides is 2. The van der Waals surface area contributed by atoms with Crippen LogP contribution in [0.5, 0.6) is 0 Å². The van der Waals surface area contributed by atoms with E-state index >= 15 is 0 Å². The molecular weight excluding hydrogens is 386 g/mol. The van der Waals surface area contributed by atoms with Crippen molar-refractivity contribution in [2.75, 3.05) is 4.90 Å².